The van der Waals surface area contributed by atoms with Crippen molar-refractivity contribution in [1.82, 2.24) is 4.90 Å². The Bertz CT molecular complexity index is 214. The van der Waals surface area contributed by atoms with Crippen molar-refractivity contribution in [2.24, 2.45) is 11.5 Å². The first-order valence-corrected chi connectivity index (χ1v) is 6.14. The number of amides is 1. The van der Waals surface area contributed by atoms with Crippen LogP contribution in [0.25, 0.3) is 0 Å². The van der Waals surface area contributed by atoms with Crippen molar-refractivity contribution in [3.05, 3.63) is 0 Å². The summed E-state index contributed by atoms with van der Waals surface area (Å²) in [7, 11) is 0. The molecule has 1 atom stereocenters. The number of nitrogens with two attached hydrogens (primary N) is 2. The van der Waals surface area contributed by atoms with E-state index in [2.05, 4.69) is 25.7 Å². The highest BCUT2D eigenvalue weighted by Crippen LogP contribution is 2.09. The number of primary amides is 1. The van der Waals surface area contributed by atoms with Gasteiger partial charge in [0.25, 0.3) is 0 Å². The smallest absolute Gasteiger partial charge is 0.238 e. The van der Waals surface area contributed by atoms with E-state index >= 15 is 0 Å². The highest BCUT2D eigenvalue weighted by atomic mass is 16.1. The van der Waals surface area contributed by atoms with Crippen molar-refractivity contribution >= 4 is 5.91 Å². The lowest BCUT2D eigenvalue weighted by atomic mass is 10.0. The summed E-state index contributed by atoms with van der Waals surface area (Å²) in [5.41, 5.74) is 10.2. The van der Waals surface area contributed by atoms with Crippen LogP contribution in [0.4, 0.5) is 0 Å². The molecular formula is C12H27N3O. The van der Waals surface area contributed by atoms with Crippen LogP contribution in [-0.2, 0) is 4.79 Å². The van der Waals surface area contributed by atoms with Crippen LogP contribution in [0, 0.1) is 0 Å². The van der Waals surface area contributed by atoms with Gasteiger partial charge < -0.3 is 11.5 Å². The third-order valence-electron chi connectivity index (χ3n) is 2.87. The molecule has 0 aliphatic heterocycles. The zero-order valence-corrected chi connectivity index (χ0v) is 11.1. The zero-order valence-electron chi connectivity index (χ0n) is 11.1. The molecular weight excluding hydrogens is 202 g/mol. The van der Waals surface area contributed by atoms with E-state index in [1.807, 2.05) is 0 Å². The summed E-state index contributed by atoms with van der Waals surface area (Å²) in [6.07, 6.45) is 3.55. The molecule has 4 N–H and O–H groups in total. The molecule has 0 radical (unpaired) electrons. The Morgan fingerprint density at radius 1 is 1.38 bits per heavy atom. The van der Waals surface area contributed by atoms with Crippen LogP contribution >= 0.6 is 0 Å². The van der Waals surface area contributed by atoms with Gasteiger partial charge in [0, 0.05) is 12.6 Å². The van der Waals surface area contributed by atoms with Gasteiger partial charge in [0.2, 0.25) is 5.91 Å². The van der Waals surface area contributed by atoms with Gasteiger partial charge in [-0.05, 0) is 33.7 Å². The Hall–Kier alpha value is -0.610. The van der Waals surface area contributed by atoms with Crippen molar-refractivity contribution in [3.63, 3.8) is 0 Å². The average molecular weight is 229 g/mol. The number of nitrogens with zero attached hydrogens (tertiary/aromatic N) is 1. The molecule has 16 heavy (non-hydrogen) atoms. The van der Waals surface area contributed by atoms with E-state index in [-0.39, 0.29) is 0 Å². The quantitative estimate of drug-likeness (QED) is 0.612. The van der Waals surface area contributed by atoms with Gasteiger partial charge in [0.05, 0.1) is 0 Å². The predicted molar refractivity (Wildman–Crippen MR) is 68.0 cm³/mol. The van der Waals surface area contributed by atoms with Crippen LogP contribution in [0.1, 0.15) is 47.0 Å². The van der Waals surface area contributed by atoms with Crippen molar-refractivity contribution in [2.75, 3.05) is 13.1 Å². The van der Waals surface area contributed by atoms with Gasteiger partial charge in [-0.15, -0.1) is 0 Å². The number of unbranched alkanes of at least 4 members (excludes halogenated alkanes) is 2. The normalized spacial score (nSPS) is 15.4. The fourth-order valence-electron chi connectivity index (χ4n) is 1.58. The standard InChI is InChI=1S/C12H27N3O/c1-5-6-7-8-15(10(2)3)9-12(4,14)11(13)16/h10H,5-9,14H2,1-4H3,(H2,13,16). The third kappa shape index (κ3) is 5.47. The van der Waals surface area contributed by atoms with Gasteiger partial charge in [0.1, 0.15) is 5.54 Å². The number of carbonyl (C=O) groups is 1. The van der Waals surface area contributed by atoms with Gasteiger partial charge in [0.15, 0.2) is 0 Å². The second-order valence-corrected chi connectivity index (χ2v) is 5.05. The van der Waals surface area contributed by atoms with Gasteiger partial charge in [-0.2, -0.15) is 0 Å². The summed E-state index contributed by atoms with van der Waals surface area (Å²) in [5, 5.41) is 0. The predicted octanol–water partition coefficient (Wildman–Crippen LogP) is 1.09. The maximum Gasteiger partial charge on any atom is 0.238 e. The molecule has 0 rings (SSSR count). The molecule has 0 aliphatic rings. The summed E-state index contributed by atoms with van der Waals surface area (Å²) >= 11 is 0. The number of carbonyl (C=O) groups excluding carboxylic acids is 1. The Balaban J connectivity index is 4.28. The topological polar surface area (TPSA) is 72.3 Å². The van der Waals surface area contributed by atoms with Gasteiger partial charge in [-0.25, -0.2) is 0 Å². The molecule has 0 saturated carbocycles. The second kappa shape index (κ2) is 6.86. The van der Waals surface area contributed by atoms with Crippen LogP contribution in [0.2, 0.25) is 0 Å². The van der Waals surface area contributed by atoms with E-state index in [0.29, 0.717) is 12.6 Å². The minimum absolute atomic E-state index is 0.388. The van der Waals surface area contributed by atoms with Crippen molar-refractivity contribution < 1.29 is 4.79 Å². The van der Waals surface area contributed by atoms with Gasteiger partial charge >= 0.3 is 0 Å². The lowest BCUT2D eigenvalue weighted by Crippen LogP contribution is -2.58. The minimum Gasteiger partial charge on any atom is -0.368 e. The van der Waals surface area contributed by atoms with Crippen molar-refractivity contribution in [1.29, 1.82) is 0 Å². The molecule has 96 valence electrons. The molecule has 0 aromatic heterocycles. The molecule has 4 nitrogen and oxygen atoms in total. The van der Waals surface area contributed by atoms with Crippen LogP contribution in [0.3, 0.4) is 0 Å². The summed E-state index contributed by atoms with van der Waals surface area (Å²) in [6.45, 7) is 9.61. The molecule has 0 spiro atoms. The molecule has 0 bridgehead atoms. The Morgan fingerprint density at radius 3 is 2.31 bits per heavy atom. The number of rotatable bonds is 8. The maximum atomic E-state index is 11.2. The molecule has 0 fully saturated rings. The van der Waals surface area contributed by atoms with Crippen LogP contribution in [0.15, 0.2) is 0 Å². The highest BCUT2D eigenvalue weighted by Gasteiger charge is 2.29. The van der Waals surface area contributed by atoms with E-state index < -0.39 is 11.4 Å². The molecule has 4 heteroatoms. The maximum absolute atomic E-state index is 11.2. The average Bonchev–Trinajstić information content (AvgIpc) is 2.16. The van der Waals surface area contributed by atoms with Crippen LogP contribution in [0.5, 0.6) is 0 Å². The first-order valence-electron chi connectivity index (χ1n) is 6.14. The molecule has 0 aromatic carbocycles. The van der Waals surface area contributed by atoms with Crippen LogP contribution < -0.4 is 11.5 Å². The number of hydrogen-bond donors (Lipinski definition) is 2. The fourth-order valence-corrected chi connectivity index (χ4v) is 1.58. The molecule has 0 heterocycles. The summed E-state index contributed by atoms with van der Waals surface area (Å²) in [5.74, 6) is -0.436. The SMILES string of the molecule is CCCCCN(CC(C)(N)C(N)=O)C(C)C. The first-order chi connectivity index (χ1) is 7.31. The molecule has 1 amide bonds. The summed E-state index contributed by atoms with van der Waals surface area (Å²) in [4.78, 5) is 13.4. The van der Waals surface area contributed by atoms with Crippen LogP contribution in [-0.4, -0.2) is 35.5 Å². The monoisotopic (exact) mass is 229 g/mol. The van der Waals surface area contributed by atoms with E-state index in [0.717, 1.165) is 13.0 Å². The second-order valence-electron chi connectivity index (χ2n) is 5.05. The minimum atomic E-state index is -0.934. The fraction of sp³-hybridized carbons (Fsp3) is 0.917. The summed E-state index contributed by atoms with van der Waals surface area (Å²) < 4.78 is 0. The molecule has 0 saturated heterocycles. The Labute approximate surface area is 99.4 Å². The van der Waals surface area contributed by atoms with Crippen molar-refractivity contribution in [2.45, 2.75) is 58.5 Å². The molecule has 0 aromatic rings. The lowest BCUT2D eigenvalue weighted by Gasteiger charge is -2.33. The van der Waals surface area contributed by atoms with Crippen molar-refractivity contribution in [3.8, 4) is 0 Å². The Kier molecular flexibility index (Phi) is 6.60. The van der Waals surface area contributed by atoms with E-state index in [1.54, 1.807) is 6.92 Å². The van der Waals surface area contributed by atoms with E-state index in [4.69, 9.17) is 11.5 Å². The third-order valence-corrected chi connectivity index (χ3v) is 2.87. The zero-order chi connectivity index (χ0) is 12.8. The molecule has 0 aliphatic carbocycles. The Morgan fingerprint density at radius 2 is 1.94 bits per heavy atom. The van der Waals surface area contributed by atoms with Gasteiger partial charge in [-0.1, -0.05) is 19.8 Å². The van der Waals surface area contributed by atoms with E-state index in [9.17, 15) is 4.79 Å². The summed E-state index contributed by atoms with van der Waals surface area (Å²) in [6, 6.07) is 0.388. The molecule has 1 unspecified atom stereocenters. The van der Waals surface area contributed by atoms with Gasteiger partial charge in [-0.3, -0.25) is 9.69 Å². The first kappa shape index (κ1) is 15.4. The lowest BCUT2D eigenvalue weighted by molar-refractivity contribution is -0.123. The number of hydrogen-bond acceptors (Lipinski definition) is 3. The largest absolute Gasteiger partial charge is 0.368 e. The highest BCUT2D eigenvalue weighted by molar-refractivity contribution is 5.84. The van der Waals surface area contributed by atoms with E-state index in [1.165, 1.54) is 12.8 Å².